The normalized spacial score (nSPS) is 15.8. The second-order valence-electron chi connectivity index (χ2n) is 7.90. The van der Waals surface area contributed by atoms with Crippen LogP contribution in [0.15, 0.2) is 78.9 Å². The van der Waals surface area contributed by atoms with Crippen LogP contribution in [0.25, 0.3) is 0 Å². The zero-order valence-electron chi connectivity index (χ0n) is 17.3. The molecule has 1 fully saturated rings. The number of hydrogen-bond acceptors (Lipinski definition) is 3. The minimum atomic E-state index is 0.276. The Labute approximate surface area is 188 Å². The number of piperazine rings is 1. The maximum atomic E-state index is 5.71. The molecule has 1 saturated heterocycles. The highest BCUT2D eigenvalue weighted by Crippen LogP contribution is 2.34. The van der Waals surface area contributed by atoms with Gasteiger partial charge in [0.05, 0.1) is 26.2 Å². The first-order valence-corrected chi connectivity index (χ1v) is 11.1. The Morgan fingerprint density at radius 1 is 0.839 bits per heavy atom. The Morgan fingerprint density at radius 2 is 1.45 bits per heavy atom. The molecular formula is C25H26N3O2S+. The van der Waals surface area contributed by atoms with Crippen LogP contribution in [0.4, 0.5) is 5.69 Å². The number of ether oxygens (including phenoxy) is 2. The predicted octanol–water partition coefficient (Wildman–Crippen LogP) is 3.10. The van der Waals surface area contributed by atoms with Crippen LogP contribution in [0.3, 0.4) is 0 Å². The van der Waals surface area contributed by atoms with Gasteiger partial charge >= 0.3 is 0 Å². The molecule has 5 nitrogen and oxygen atoms in total. The van der Waals surface area contributed by atoms with Crippen molar-refractivity contribution < 1.29 is 14.4 Å². The first-order valence-electron chi connectivity index (χ1n) is 10.7. The van der Waals surface area contributed by atoms with E-state index in [1.54, 1.807) is 4.90 Å². The van der Waals surface area contributed by atoms with E-state index in [0.717, 1.165) is 48.5 Å². The Kier molecular flexibility index (Phi) is 5.74. The first kappa shape index (κ1) is 19.8. The molecule has 3 aromatic rings. The van der Waals surface area contributed by atoms with Gasteiger partial charge in [-0.15, -0.1) is 0 Å². The molecule has 0 aliphatic carbocycles. The lowest BCUT2D eigenvalue weighted by molar-refractivity contribution is -0.929. The topological polar surface area (TPSA) is 38.2 Å². The van der Waals surface area contributed by atoms with Crippen molar-refractivity contribution in [3.05, 3.63) is 90.0 Å². The molecule has 0 atom stereocenters. The number of hydrogen-bond donors (Lipinski definition) is 2. The van der Waals surface area contributed by atoms with Gasteiger partial charge in [0, 0.05) is 22.9 Å². The minimum Gasteiger partial charge on any atom is -0.454 e. The standard InChI is InChI=1S/C25H25N3O2S/c31-25(26-21-11-12-22-23(17-21)30-18-29-22)28-15-13-27(14-16-28)24(19-7-3-1-4-8-19)20-9-5-2-6-10-20/h1-12,17,24H,13-16,18H2,(H,26,31)/p+1. The molecule has 0 aromatic heterocycles. The maximum Gasteiger partial charge on any atom is 0.231 e. The summed E-state index contributed by atoms with van der Waals surface area (Å²) >= 11 is 5.71. The number of fused-ring (bicyclic) bond motifs is 1. The minimum absolute atomic E-state index is 0.276. The second-order valence-corrected chi connectivity index (χ2v) is 8.28. The Hall–Kier alpha value is -3.09. The summed E-state index contributed by atoms with van der Waals surface area (Å²) in [5.74, 6) is 1.54. The molecule has 0 radical (unpaired) electrons. The van der Waals surface area contributed by atoms with Crippen LogP contribution in [0.5, 0.6) is 11.5 Å². The van der Waals surface area contributed by atoms with Crippen molar-refractivity contribution in [2.45, 2.75) is 6.04 Å². The van der Waals surface area contributed by atoms with E-state index < -0.39 is 0 Å². The van der Waals surface area contributed by atoms with Crippen molar-refractivity contribution >= 4 is 23.0 Å². The van der Waals surface area contributed by atoms with Gasteiger partial charge in [-0.2, -0.15) is 0 Å². The van der Waals surface area contributed by atoms with Crippen LogP contribution in [0, 0.1) is 0 Å². The van der Waals surface area contributed by atoms with Crippen LogP contribution < -0.4 is 19.7 Å². The molecule has 6 heteroatoms. The highest BCUT2D eigenvalue weighted by molar-refractivity contribution is 7.80. The zero-order chi connectivity index (χ0) is 21.0. The molecule has 31 heavy (non-hydrogen) atoms. The van der Waals surface area contributed by atoms with Crippen LogP contribution in [0.2, 0.25) is 0 Å². The van der Waals surface area contributed by atoms with Crippen LogP contribution in [-0.2, 0) is 0 Å². The summed E-state index contributed by atoms with van der Waals surface area (Å²) in [7, 11) is 0. The van der Waals surface area contributed by atoms with Gasteiger partial charge in [0.15, 0.2) is 16.6 Å². The quantitative estimate of drug-likeness (QED) is 0.620. The number of nitrogens with zero attached hydrogens (tertiary/aromatic N) is 1. The van der Waals surface area contributed by atoms with Crippen molar-refractivity contribution in [2.75, 3.05) is 38.3 Å². The van der Waals surface area contributed by atoms with Gasteiger partial charge in [-0.25, -0.2) is 0 Å². The summed E-state index contributed by atoms with van der Waals surface area (Å²) in [6, 6.07) is 27.8. The number of quaternary nitrogens is 1. The van der Waals surface area contributed by atoms with Crippen molar-refractivity contribution in [1.82, 2.24) is 4.90 Å². The Morgan fingerprint density at radius 3 is 2.10 bits per heavy atom. The van der Waals surface area contributed by atoms with Crippen molar-refractivity contribution in [1.29, 1.82) is 0 Å². The van der Waals surface area contributed by atoms with Gasteiger partial charge in [-0.05, 0) is 24.4 Å². The van der Waals surface area contributed by atoms with Gasteiger partial charge in [-0.3, -0.25) is 0 Å². The molecule has 0 spiro atoms. The average molecular weight is 433 g/mol. The zero-order valence-corrected chi connectivity index (χ0v) is 18.1. The molecule has 2 aliphatic rings. The monoisotopic (exact) mass is 432 g/mol. The van der Waals surface area contributed by atoms with E-state index in [2.05, 4.69) is 70.9 Å². The second kappa shape index (κ2) is 8.96. The Balaban J connectivity index is 1.26. The lowest BCUT2D eigenvalue weighted by atomic mass is 9.96. The van der Waals surface area contributed by atoms with E-state index in [-0.39, 0.29) is 6.79 Å². The number of thiocarbonyl (C=S) groups is 1. The molecular weight excluding hydrogens is 406 g/mol. The van der Waals surface area contributed by atoms with Crippen molar-refractivity contribution in [3.8, 4) is 11.5 Å². The third-order valence-corrected chi connectivity index (χ3v) is 6.35. The summed E-state index contributed by atoms with van der Waals surface area (Å²) < 4.78 is 10.9. The van der Waals surface area contributed by atoms with Crippen molar-refractivity contribution in [2.24, 2.45) is 0 Å². The number of nitrogens with one attached hydrogen (secondary N) is 2. The average Bonchev–Trinajstić information content (AvgIpc) is 3.29. The third-order valence-electron chi connectivity index (χ3n) is 5.99. The van der Waals surface area contributed by atoms with Gasteiger partial charge in [0.1, 0.15) is 6.04 Å². The van der Waals surface area contributed by atoms with Crippen LogP contribution >= 0.6 is 12.2 Å². The van der Waals surface area contributed by atoms with E-state index in [1.807, 2.05) is 18.2 Å². The molecule has 0 unspecified atom stereocenters. The summed E-state index contributed by atoms with van der Waals surface area (Å²) in [5, 5.41) is 4.12. The maximum absolute atomic E-state index is 5.71. The largest absolute Gasteiger partial charge is 0.454 e. The summed E-state index contributed by atoms with van der Waals surface area (Å²) in [4.78, 5) is 3.83. The SMILES string of the molecule is S=C(Nc1ccc2c(c1)OCO2)N1CC[NH+](C(c2ccccc2)c2ccccc2)CC1. The highest BCUT2D eigenvalue weighted by atomic mass is 32.1. The highest BCUT2D eigenvalue weighted by Gasteiger charge is 2.30. The van der Waals surface area contributed by atoms with Crippen molar-refractivity contribution in [3.63, 3.8) is 0 Å². The van der Waals surface area contributed by atoms with E-state index in [1.165, 1.54) is 11.1 Å². The lowest BCUT2D eigenvalue weighted by Crippen LogP contribution is -3.15. The number of benzene rings is 3. The molecule has 2 aliphatic heterocycles. The van der Waals surface area contributed by atoms with E-state index in [0.29, 0.717) is 6.04 Å². The summed E-state index contributed by atoms with van der Waals surface area (Å²) in [5.41, 5.74) is 3.65. The smallest absolute Gasteiger partial charge is 0.231 e. The molecule has 0 bridgehead atoms. The molecule has 2 heterocycles. The fourth-order valence-electron chi connectivity index (χ4n) is 4.42. The Bertz CT molecular complexity index is 998. The predicted molar refractivity (Wildman–Crippen MR) is 126 cm³/mol. The van der Waals surface area contributed by atoms with Crippen LogP contribution in [-0.4, -0.2) is 43.0 Å². The van der Waals surface area contributed by atoms with Gasteiger partial charge < -0.3 is 24.6 Å². The van der Waals surface area contributed by atoms with E-state index >= 15 is 0 Å². The summed E-state index contributed by atoms with van der Waals surface area (Å²) in [6.45, 7) is 4.16. The van der Waals surface area contributed by atoms with Crippen LogP contribution in [0.1, 0.15) is 17.2 Å². The van der Waals surface area contributed by atoms with E-state index in [4.69, 9.17) is 21.7 Å². The van der Waals surface area contributed by atoms with E-state index in [9.17, 15) is 0 Å². The van der Waals surface area contributed by atoms with Gasteiger partial charge in [0.2, 0.25) is 6.79 Å². The summed E-state index contributed by atoms with van der Waals surface area (Å²) in [6.07, 6.45) is 0. The third kappa shape index (κ3) is 4.36. The first-order chi connectivity index (χ1) is 15.3. The molecule has 5 rings (SSSR count). The fourth-order valence-corrected chi connectivity index (χ4v) is 4.72. The van der Waals surface area contributed by atoms with Gasteiger partial charge in [0.25, 0.3) is 0 Å². The number of rotatable bonds is 4. The van der Waals surface area contributed by atoms with Gasteiger partial charge in [-0.1, -0.05) is 60.7 Å². The molecule has 3 aromatic carbocycles. The molecule has 0 saturated carbocycles. The lowest BCUT2D eigenvalue weighted by Gasteiger charge is -2.38. The number of anilines is 1. The fraction of sp³-hybridized carbons (Fsp3) is 0.240. The molecule has 0 amide bonds. The molecule has 158 valence electrons. The molecule has 2 N–H and O–H groups in total.